The number of ether oxygens (including phenoxy) is 1. The molecule has 0 spiro atoms. The first kappa shape index (κ1) is 18.0. The van der Waals surface area contributed by atoms with E-state index in [1.807, 2.05) is 0 Å². The third-order valence-electron chi connectivity index (χ3n) is 3.81. The molecule has 0 aliphatic carbocycles. The Bertz CT molecular complexity index is 541. The van der Waals surface area contributed by atoms with E-state index in [0.717, 1.165) is 19.4 Å². The molecule has 8 heteroatoms. The van der Waals surface area contributed by atoms with Crippen LogP contribution in [0.25, 0.3) is 0 Å². The van der Waals surface area contributed by atoms with Gasteiger partial charge in [-0.25, -0.2) is 14.8 Å². The van der Waals surface area contributed by atoms with Crippen LogP contribution < -0.4 is 5.32 Å². The van der Waals surface area contributed by atoms with Gasteiger partial charge in [0.15, 0.2) is 0 Å². The van der Waals surface area contributed by atoms with E-state index >= 15 is 0 Å². The smallest absolute Gasteiger partial charge is 0.409 e. The molecule has 1 fully saturated rings. The number of anilines is 1. The summed E-state index contributed by atoms with van der Waals surface area (Å²) in [7, 11) is 0. The van der Waals surface area contributed by atoms with E-state index < -0.39 is 0 Å². The summed E-state index contributed by atoms with van der Waals surface area (Å²) in [6.45, 7) is 6.98. The van der Waals surface area contributed by atoms with E-state index in [4.69, 9.17) is 4.74 Å². The Kier molecular flexibility index (Phi) is 6.77. The zero-order valence-corrected chi connectivity index (χ0v) is 14.3. The van der Waals surface area contributed by atoms with Crippen LogP contribution in [0, 0.1) is 0 Å². The van der Waals surface area contributed by atoms with Gasteiger partial charge in [0.2, 0.25) is 5.95 Å². The highest BCUT2D eigenvalue weighted by molar-refractivity contribution is 5.93. The summed E-state index contributed by atoms with van der Waals surface area (Å²) >= 11 is 0. The fraction of sp³-hybridized carbons (Fsp3) is 0.625. The number of nitrogens with zero attached hydrogens (tertiary/aromatic N) is 4. The minimum Gasteiger partial charge on any atom is -0.450 e. The topological polar surface area (TPSA) is 87.7 Å². The molecule has 0 atom stereocenters. The Morgan fingerprint density at radius 3 is 2.33 bits per heavy atom. The Morgan fingerprint density at radius 1 is 1.12 bits per heavy atom. The number of hydrogen-bond donors (Lipinski definition) is 1. The summed E-state index contributed by atoms with van der Waals surface area (Å²) in [6.07, 6.45) is 4.91. The molecule has 0 saturated carbocycles. The van der Waals surface area contributed by atoms with Crippen molar-refractivity contribution < 1.29 is 14.3 Å². The van der Waals surface area contributed by atoms with E-state index in [0.29, 0.717) is 44.3 Å². The molecule has 1 N–H and O–H groups in total. The van der Waals surface area contributed by atoms with Crippen molar-refractivity contribution >= 4 is 17.9 Å². The summed E-state index contributed by atoms with van der Waals surface area (Å²) in [4.78, 5) is 35.8. The van der Waals surface area contributed by atoms with E-state index in [-0.39, 0.29) is 12.0 Å². The van der Waals surface area contributed by atoms with Gasteiger partial charge in [-0.1, -0.05) is 13.3 Å². The summed E-state index contributed by atoms with van der Waals surface area (Å²) in [5.74, 6) is 0.422. The van der Waals surface area contributed by atoms with Crippen LogP contribution in [0.3, 0.4) is 0 Å². The lowest BCUT2D eigenvalue weighted by atomic mass is 10.2. The molecule has 2 amide bonds. The minimum absolute atomic E-state index is 0.112. The average molecular weight is 335 g/mol. The highest BCUT2D eigenvalue weighted by Crippen LogP contribution is 2.09. The highest BCUT2D eigenvalue weighted by Gasteiger charge is 2.25. The molecule has 132 valence electrons. The molecule has 0 unspecified atom stereocenters. The average Bonchev–Trinajstić information content (AvgIpc) is 2.62. The SMILES string of the molecule is CCCCNc1ncc(C(=O)N2CCN(C(=O)OCC)CC2)cn1. The van der Waals surface area contributed by atoms with Crippen molar-refractivity contribution in [2.75, 3.05) is 44.6 Å². The van der Waals surface area contributed by atoms with Crippen LogP contribution in [0.2, 0.25) is 0 Å². The second-order valence-electron chi connectivity index (χ2n) is 5.55. The Morgan fingerprint density at radius 2 is 1.75 bits per heavy atom. The zero-order chi connectivity index (χ0) is 17.4. The summed E-state index contributed by atoms with van der Waals surface area (Å²) in [5, 5.41) is 3.12. The maximum atomic E-state index is 12.5. The summed E-state index contributed by atoms with van der Waals surface area (Å²) in [6, 6.07) is 0. The molecular formula is C16H25N5O3. The fourth-order valence-electron chi connectivity index (χ4n) is 2.40. The molecule has 0 bridgehead atoms. The van der Waals surface area contributed by atoms with Gasteiger partial charge in [-0.3, -0.25) is 4.79 Å². The number of piperazine rings is 1. The van der Waals surface area contributed by atoms with Crippen molar-refractivity contribution in [2.45, 2.75) is 26.7 Å². The quantitative estimate of drug-likeness (QED) is 0.795. The van der Waals surface area contributed by atoms with Crippen LogP contribution in [0.1, 0.15) is 37.0 Å². The van der Waals surface area contributed by atoms with Crippen LogP contribution in [-0.4, -0.2) is 71.1 Å². The highest BCUT2D eigenvalue weighted by atomic mass is 16.6. The Labute approximate surface area is 142 Å². The van der Waals surface area contributed by atoms with Crippen molar-refractivity contribution in [2.24, 2.45) is 0 Å². The van der Waals surface area contributed by atoms with Crippen molar-refractivity contribution in [1.82, 2.24) is 19.8 Å². The Balaban J connectivity index is 1.85. The minimum atomic E-state index is -0.324. The number of amides is 2. The summed E-state index contributed by atoms with van der Waals surface area (Å²) < 4.78 is 4.97. The normalized spacial score (nSPS) is 14.4. The molecule has 2 rings (SSSR count). The molecule has 8 nitrogen and oxygen atoms in total. The lowest BCUT2D eigenvalue weighted by Crippen LogP contribution is -2.50. The van der Waals surface area contributed by atoms with Crippen LogP contribution in [0.4, 0.5) is 10.7 Å². The Hall–Kier alpha value is -2.38. The number of rotatable bonds is 6. The van der Waals surface area contributed by atoms with E-state index in [2.05, 4.69) is 22.2 Å². The molecule has 24 heavy (non-hydrogen) atoms. The van der Waals surface area contributed by atoms with Gasteiger partial charge in [0, 0.05) is 45.1 Å². The van der Waals surface area contributed by atoms with Gasteiger partial charge in [-0.05, 0) is 13.3 Å². The second-order valence-corrected chi connectivity index (χ2v) is 5.55. The van der Waals surface area contributed by atoms with Crippen LogP contribution in [0.15, 0.2) is 12.4 Å². The van der Waals surface area contributed by atoms with Crippen molar-refractivity contribution in [3.05, 3.63) is 18.0 Å². The molecule has 2 heterocycles. The van der Waals surface area contributed by atoms with Gasteiger partial charge >= 0.3 is 6.09 Å². The van der Waals surface area contributed by atoms with Crippen LogP contribution >= 0.6 is 0 Å². The van der Waals surface area contributed by atoms with Gasteiger partial charge in [-0.2, -0.15) is 0 Å². The van der Waals surface area contributed by atoms with E-state index in [1.165, 1.54) is 0 Å². The van der Waals surface area contributed by atoms with Gasteiger partial charge in [-0.15, -0.1) is 0 Å². The van der Waals surface area contributed by atoms with Gasteiger partial charge in [0.05, 0.1) is 12.2 Å². The third kappa shape index (κ3) is 4.81. The largest absolute Gasteiger partial charge is 0.450 e. The monoisotopic (exact) mass is 335 g/mol. The molecule has 1 aromatic rings. The summed E-state index contributed by atoms with van der Waals surface area (Å²) in [5.41, 5.74) is 0.459. The molecule has 0 aromatic carbocycles. The fourth-order valence-corrected chi connectivity index (χ4v) is 2.40. The third-order valence-corrected chi connectivity index (χ3v) is 3.81. The molecule has 1 saturated heterocycles. The van der Waals surface area contributed by atoms with E-state index in [1.54, 1.807) is 29.1 Å². The number of aromatic nitrogens is 2. The number of carbonyl (C=O) groups excluding carboxylic acids is 2. The standard InChI is InChI=1S/C16H25N5O3/c1-3-5-6-17-15-18-11-13(12-19-15)14(22)20-7-9-21(10-8-20)16(23)24-4-2/h11-12H,3-10H2,1-2H3,(H,17,18,19). The van der Waals surface area contributed by atoms with Gasteiger partial charge in [0.25, 0.3) is 5.91 Å². The number of carbonyl (C=O) groups is 2. The molecule has 1 aliphatic heterocycles. The first-order valence-corrected chi connectivity index (χ1v) is 8.42. The molecule has 1 aromatic heterocycles. The lowest BCUT2D eigenvalue weighted by molar-refractivity contribution is 0.0570. The van der Waals surface area contributed by atoms with Gasteiger partial charge in [0.1, 0.15) is 0 Å². The maximum Gasteiger partial charge on any atom is 0.409 e. The lowest BCUT2D eigenvalue weighted by Gasteiger charge is -2.33. The van der Waals surface area contributed by atoms with E-state index in [9.17, 15) is 9.59 Å². The number of hydrogen-bond acceptors (Lipinski definition) is 6. The first-order valence-electron chi connectivity index (χ1n) is 8.42. The first-order chi connectivity index (χ1) is 11.7. The van der Waals surface area contributed by atoms with Crippen LogP contribution in [-0.2, 0) is 4.74 Å². The predicted molar refractivity (Wildman–Crippen MR) is 89.9 cm³/mol. The van der Waals surface area contributed by atoms with Crippen molar-refractivity contribution in [3.63, 3.8) is 0 Å². The molecule has 1 aliphatic rings. The van der Waals surface area contributed by atoms with Crippen molar-refractivity contribution in [3.8, 4) is 0 Å². The maximum absolute atomic E-state index is 12.5. The zero-order valence-electron chi connectivity index (χ0n) is 14.3. The van der Waals surface area contributed by atoms with Gasteiger partial charge < -0.3 is 19.9 Å². The van der Waals surface area contributed by atoms with Crippen LogP contribution in [0.5, 0.6) is 0 Å². The molecular weight excluding hydrogens is 310 g/mol. The van der Waals surface area contributed by atoms with Crippen molar-refractivity contribution in [1.29, 1.82) is 0 Å². The predicted octanol–water partition coefficient (Wildman–Crippen LogP) is 1.60. The second kappa shape index (κ2) is 9.05. The molecule has 0 radical (unpaired) electrons. The number of nitrogens with one attached hydrogen (secondary N) is 1. The number of unbranched alkanes of at least 4 members (excludes halogenated alkanes) is 1.